The van der Waals surface area contributed by atoms with Gasteiger partial charge < -0.3 is 10.4 Å². The lowest BCUT2D eigenvalue weighted by atomic mass is 10.0. The maximum absolute atomic E-state index is 13.3. The molecule has 0 unspecified atom stereocenters. The number of hydrogen-bond acceptors (Lipinski definition) is 6. The molecular formula is C20H13ClFN5O2. The number of pyridine rings is 2. The van der Waals surface area contributed by atoms with Gasteiger partial charge >= 0.3 is 0 Å². The Kier molecular flexibility index (Phi) is 5.81. The van der Waals surface area contributed by atoms with Gasteiger partial charge in [0.1, 0.15) is 23.3 Å². The van der Waals surface area contributed by atoms with Gasteiger partial charge in [-0.05, 0) is 36.4 Å². The van der Waals surface area contributed by atoms with Gasteiger partial charge in [0.2, 0.25) is 0 Å². The minimum atomic E-state index is -0.609. The average Bonchev–Trinajstić information content (AvgIpc) is 2.74. The molecule has 0 saturated heterocycles. The third kappa shape index (κ3) is 4.20. The zero-order chi connectivity index (χ0) is 21.0. The summed E-state index contributed by atoms with van der Waals surface area (Å²) in [7, 11) is 1.48. The van der Waals surface area contributed by atoms with Crippen LogP contribution in [0.2, 0.25) is 5.02 Å². The normalized spacial score (nSPS) is 11.0. The van der Waals surface area contributed by atoms with Gasteiger partial charge in [-0.1, -0.05) is 11.6 Å². The van der Waals surface area contributed by atoms with Gasteiger partial charge in [0.05, 0.1) is 16.3 Å². The summed E-state index contributed by atoms with van der Waals surface area (Å²) in [6.07, 6.45) is 2.81. The largest absolute Gasteiger partial charge is 0.505 e. The van der Waals surface area contributed by atoms with Gasteiger partial charge in [0.15, 0.2) is 11.5 Å². The first-order valence-corrected chi connectivity index (χ1v) is 8.63. The first-order valence-electron chi connectivity index (χ1n) is 8.25. The average molecular weight is 410 g/mol. The maximum Gasteiger partial charge on any atom is 0.269 e. The van der Waals surface area contributed by atoms with Crippen LogP contribution in [-0.2, 0) is 0 Å². The van der Waals surface area contributed by atoms with Crippen LogP contribution in [0.3, 0.4) is 0 Å². The smallest absolute Gasteiger partial charge is 0.269 e. The topological polar surface area (TPSA) is 111 Å². The molecule has 2 aromatic heterocycles. The Morgan fingerprint density at radius 3 is 2.69 bits per heavy atom. The summed E-state index contributed by atoms with van der Waals surface area (Å²) in [6, 6.07) is 10.1. The third-order valence-electron chi connectivity index (χ3n) is 3.92. The van der Waals surface area contributed by atoms with E-state index in [1.54, 1.807) is 6.07 Å². The molecule has 3 aromatic rings. The van der Waals surface area contributed by atoms with E-state index in [1.165, 1.54) is 43.7 Å². The van der Waals surface area contributed by atoms with Crippen molar-refractivity contribution in [3.63, 3.8) is 0 Å². The van der Waals surface area contributed by atoms with Crippen LogP contribution < -0.4 is 5.32 Å². The van der Waals surface area contributed by atoms with Crippen molar-refractivity contribution in [2.75, 3.05) is 7.05 Å². The molecule has 0 radical (unpaired) electrons. The molecule has 144 valence electrons. The van der Waals surface area contributed by atoms with E-state index in [9.17, 15) is 19.6 Å². The highest BCUT2D eigenvalue weighted by atomic mass is 35.5. The Morgan fingerprint density at radius 1 is 1.24 bits per heavy atom. The molecule has 0 fully saturated rings. The van der Waals surface area contributed by atoms with Gasteiger partial charge in [-0.2, -0.15) is 5.26 Å². The second-order valence-electron chi connectivity index (χ2n) is 5.74. The Hall–Kier alpha value is -3.83. The highest BCUT2D eigenvalue weighted by Crippen LogP contribution is 2.31. The van der Waals surface area contributed by atoms with Gasteiger partial charge in [0, 0.05) is 25.0 Å². The van der Waals surface area contributed by atoms with Gasteiger partial charge in [-0.15, -0.1) is 0 Å². The summed E-state index contributed by atoms with van der Waals surface area (Å²) >= 11 is 5.75. The number of carbonyl (C=O) groups is 1. The molecule has 0 spiro atoms. The number of carbonyl (C=O) groups excluding carboxylic acids is 1. The molecule has 0 aliphatic heterocycles. The summed E-state index contributed by atoms with van der Waals surface area (Å²) < 4.78 is 13.3. The number of nitriles is 1. The van der Waals surface area contributed by atoms with Gasteiger partial charge in [-0.3, -0.25) is 14.8 Å². The molecule has 0 saturated carbocycles. The number of rotatable bonds is 4. The fourth-order valence-corrected chi connectivity index (χ4v) is 2.69. The lowest BCUT2D eigenvalue weighted by molar-refractivity contribution is 0.0958. The molecule has 9 heteroatoms. The fourth-order valence-electron chi connectivity index (χ4n) is 2.52. The summed E-state index contributed by atoms with van der Waals surface area (Å²) in [4.78, 5) is 24.1. The summed E-state index contributed by atoms with van der Waals surface area (Å²) in [5.74, 6) is -1.30. The minimum Gasteiger partial charge on any atom is -0.505 e. The number of nitrogens with one attached hydrogen (secondary N) is 1. The Bertz CT molecular complexity index is 1170. The lowest BCUT2D eigenvalue weighted by Crippen LogP contribution is -2.19. The van der Waals surface area contributed by atoms with Gasteiger partial charge in [-0.25, -0.2) is 9.38 Å². The van der Waals surface area contributed by atoms with Crippen LogP contribution >= 0.6 is 11.6 Å². The van der Waals surface area contributed by atoms with Crippen LogP contribution in [-0.4, -0.2) is 33.7 Å². The molecular weight excluding hydrogens is 397 g/mol. The van der Waals surface area contributed by atoms with Crippen molar-refractivity contribution >= 4 is 28.9 Å². The number of amides is 1. The van der Waals surface area contributed by atoms with Crippen molar-refractivity contribution in [2.45, 2.75) is 0 Å². The SMILES string of the molecule is CNC(=O)c1cc(-c2nccc(/C(C#N)=N/c3ccc(F)c(Cl)c3)c2O)ccn1. The van der Waals surface area contributed by atoms with Crippen LogP contribution in [0.5, 0.6) is 5.75 Å². The quantitative estimate of drug-likeness (QED) is 0.639. The molecule has 2 heterocycles. The van der Waals surface area contributed by atoms with Crippen LogP contribution in [0.15, 0.2) is 53.8 Å². The predicted octanol–water partition coefficient (Wildman–Crippen LogP) is 3.65. The molecule has 1 amide bonds. The number of nitrogens with zero attached hydrogens (tertiary/aromatic N) is 4. The molecule has 29 heavy (non-hydrogen) atoms. The van der Waals surface area contributed by atoms with Crippen LogP contribution in [0.4, 0.5) is 10.1 Å². The van der Waals surface area contributed by atoms with Crippen molar-refractivity contribution in [3.8, 4) is 23.1 Å². The molecule has 1 aromatic carbocycles. The monoisotopic (exact) mass is 409 g/mol. The molecule has 0 aliphatic rings. The van der Waals surface area contributed by atoms with E-state index >= 15 is 0 Å². The molecule has 2 N–H and O–H groups in total. The van der Waals surface area contributed by atoms with Crippen molar-refractivity contribution in [1.29, 1.82) is 5.26 Å². The van der Waals surface area contributed by atoms with Crippen molar-refractivity contribution < 1.29 is 14.3 Å². The van der Waals surface area contributed by atoms with Crippen LogP contribution in [0.25, 0.3) is 11.3 Å². The standard InChI is InChI=1S/C20H13ClFN5O2/c1-24-20(29)16-8-11(4-6-25-16)18-19(28)13(5-7-26-18)17(10-23)27-12-2-3-15(22)14(21)9-12/h2-9,28H,1H3,(H,24,29)/b27-17+. The van der Waals surface area contributed by atoms with E-state index in [0.717, 1.165) is 6.07 Å². The third-order valence-corrected chi connectivity index (χ3v) is 4.21. The van der Waals surface area contributed by atoms with Crippen LogP contribution in [0.1, 0.15) is 16.1 Å². The molecule has 0 aliphatic carbocycles. The molecule has 7 nitrogen and oxygen atoms in total. The number of aliphatic imine (C=N–C) groups is 1. The van der Waals surface area contributed by atoms with Crippen molar-refractivity contribution in [3.05, 3.63) is 70.9 Å². The molecule has 0 atom stereocenters. The van der Waals surface area contributed by atoms with E-state index < -0.39 is 11.7 Å². The Balaban J connectivity index is 2.08. The summed E-state index contributed by atoms with van der Waals surface area (Å²) in [5, 5.41) is 22.6. The zero-order valence-corrected chi connectivity index (χ0v) is 15.8. The summed E-state index contributed by atoms with van der Waals surface area (Å²) in [5.41, 5.74) is 0.976. The molecule has 3 rings (SSSR count). The van der Waals surface area contributed by atoms with E-state index in [-0.39, 0.29) is 39.1 Å². The Morgan fingerprint density at radius 2 is 2.00 bits per heavy atom. The van der Waals surface area contributed by atoms with Crippen molar-refractivity contribution in [2.24, 2.45) is 4.99 Å². The van der Waals surface area contributed by atoms with E-state index in [1.807, 2.05) is 6.07 Å². The second-order valence-corrected chi connectivity index (χ2v) is 6.14. The summed E-state index contributed by atoms with van der Waals surface area (Å²) in [6.45, 7) is 0. The number of hydrogen-bond donors (Lipinski definition) is 2. The van der Waals surface area contributed by atoms with Crippen molar-refractivity contribution in [1.82, 2.24) is 15.3 Å². The number of benzene rings is 1. The fraction of sp³-hybridized carbons (Fsp3) is 0.0500. The van der Waals surface area contributed by atoms with E-state index in [2.05, 4.69) is 20.3 Å². The lowest BCUT2D eigenvalue weighted by Gasteiger charge is -2.09. The minimum absolute atomic E-state index is 0.116. The first kappa shape index (κ1) is 19.9. The predicted molar refractivity (Wildman–Crippen MR) is 106 cm³/mol. The first-order chi connectivity index (χ1) is 13.9. The van der Waals surface area contributed by atoms with Crippen LogP contribution in [0, 0.1) is 17.1 Å². The highest BCUT2D eigenvalue weighted by Gasteiger charge is 2.17. The second kappa shape index (κ2) is 8.46. The maximum atomic E-state index is 13.3. The highest BCUT2D eigenvalue weighted by molar-refractivity contribution is 6.31. The zero-order valence-electron chi connectivity index (χ0n) is 15.0. The Labute approximate surface area is 170 Å². The van der Waals surface area contributed by atoms with E-state index in [4.69, 9.17) is 11.6 Å². The number of aromatic nitrogens is 2. The number of halogens is 2. The van der Waals surface area contributed by atoms with E-state index in [0.29, 0.717) is 5.56 Å². The van der Waals surface area contributed by atoms with Gasteiger partial charge in [0.25, 0.3) is 5.91 Å². The number of aromatic hydroxyl groups is 1. The molecule has 0 bridgehead atoms.